The molecule has 0 aliphatic rings. The van der Waals surface area contributed by atoms with Crippen molar-refractivity contribution in [2.45, 2.75) is 13.3 Å². The monoisotopic (exact) mass is 257 g/mol. The molecule has 1 aromatic rings. The highest BCUT2D eigenvalue weighted by Crippen LogP contribution is 2.09. The molecule has 6 heteroatoms. The van der Waals surface area contributed by atoms with Crippen LogP contribution < -0.4 is 5.32 Å². The van der Waals surface area contributed by atoms with E-state index in [0.717, 1.165) is 12.1 Å². The lowest BCUT2D eigenvalue weighted by molar-refractivity contribution is -0.146. The molecule has 4 nitrogen and oxygen atoms in total. The predicted molar refractivity (Wildman–Crippen MR) is 59.9 cm³/mol. The summed E-state index contributed by atoms with van der Waals surface area (Å²) in [6, 6.07) is 3.18. The van der Waals surface area contributed by atoms with Crippen LogP contribution in [0.1, 0.15) is 12.5 Å². The molecule has 0 heterocycles. The summed E-state index contributed by atoms with van der Waals surface area (Å²) in [7, 11) is 0. The number of benzene rings is 1. The van der Waals surface area contributed by atoms with E-state index in [4.69, 9.17) is 5.11 Å². The Balaban J connectivity index is 2.47. The Kier molecular flexibility index (Phi) is 4.76. The number of hydrogen-bond acceptors (Lipinski definition) is 2. The molecule has 0 saturated carbocycles. The average molecular weight is 257 g/mol. The second-order valence-electron chi connectivity index (χ2n) is 3.84. The van der Waals surface area contributed by atoms with Gasteiger partial charge in [-0.25, -0.2) is 8.78 Å². The molecule has 1 rings (SSSR count). The molecule has 1 amide bonds. The van der Waals surface area contributed by atoms with Crippen LogP contribution >= 0.6 is 0 Å². The molecule has 0 spiro atoms. The Morgan fingerprint density at radius 1 is 1.39 bits per heavy atom. The van der Waals surface area contributed by atoms with Gasteiger partial charge in [-0.2, -0.15) is 0 Å². The van der Waals surface area contributed by atoms with Crippen molar-refractivity contribution in [3.8, 4) is 0 Å². The van der Waals surface area contributed by atoms with Gasteiger partial charge in [0.2, 0.25) is 5.91 Å². The lowest BCUT2D eigenvalue weighted by atomic mass is 10.1. The van der Waals surface area contributed by atoms with Gasteiger partial charge < -0.3 is 10.4 Å². The number of nitrogens with one attached hydrogen (secondary N) is 1. The summed E-state index contributed by atoms with van der Waals surface area (Å²) in [6.07, 6.45) is 0.171. The van der Waals surface area contributed by atoms with Crippen LogP contribution in [0.4, 0.5) is 8.78 Å². The first kappa shape index (κ1) is 14.1. The Bertz CT molecular complexity index is 463. The number of aliphatic carboxylic acids is 1. The van der Waals surface area contributed by atoms with Crippen LogP contribution in [-0.4, -0.2) is 23.5 Å². The van der Waals surface area contributed by atoms with Crippen molar-refractivity contribution >= 4 is 11.9 Å². The van der Waals surface area contributed by atoms with Gasteiger partial charge >= 0.3 is 5.97 Å². The van der Waals surface area contributed by atoms with Crippen molar-refractivity contribution in [1.29, 1.82) is 0 Å². The standard InChI is InChI=1S/C12H13F2NO3/c1-7(12(17)18)11(16)15-5-4-8-2-3-9(13)6-10(8)14/h2-3,6-7H,4-5H2,1H3,(H,15,16)(H,17,18). The third-order valence-corrected chi connectivity index (χ3v) is 2.47. The summed E-state index contributed by atoms with van der Waals surface area (Å²) >= 11 is 0. The third-order valence-electron chi connectivity index (χ3n) is 2.47. The fraction of sp³-hybridized carbons (Fsp3) is 0.333. The molecule has 1 atom stereocenters. The third kappa shape index (κ3) is 3.80. The highest BCUT2D eigenvalue weighted by atomic mass is 19.1. The zero-order valence-corrected chi connectivity index (χ0v) is 9.74. The van der Waals surface area contributed by atoms with Gasteiger partial charge in [0, 0.05) is 12.6 Å². The van der Waals surface area contributed by atoms with E-state index in [1.807, 2.05) is 0 Å². The number of carboxylic acid groups (broad SMARTS) is 1. The quantitative estimate of drug-likeness (QED) is 0.782. The maximum absolute atomic E-state index is 13.2. The van der Waals surface area contributed by atoms with E-state index in [9.17, 15) is 18.4 Å². The summed E-state index contributed by atoms with van der Waals surface area (Å²) in [4.78, 5) is 21.8. The van der Waals surface area contributed by atoms with Crippen molar-refractivity contribution in [1.82, 2.24) is 5.32 Å². The summed E-state index contributed by atoms with van der Waals surface area (Å²) in [5, 5.41) is 11.0. The number of carboxylic acids is 1. The van der Waals surface area contributed by atoms with E-state index < -0.39 is 29.4 Å². The maximum atomic E-state index is 13.2. The van der Waals surface area contributed by atoms with E-state index in [-0.39, 0.29) is 18.5 Å². The largest absolute Gasteiger partial charge is 0.481 e. The normalized spacial score (nSPS) is 11.9. The number of hydrogen-bond donors (Lipinski definition) is 2. The van der Waals surface area contributed by atoms with Crippen LogP contribution in [0, 0.1) is 17.6 Å². The fourth-order valence-corrected chi connectivity index (χ4v) is 1.31. The van der Waals surface area contributed by atoms with E-state index in [0.29, 0.717) is 0 Å². The average Bonchev–Trinajstić information content (AvgIpc) is 2.30. The topological polar surface area (TPSA) is 66.4 Å². The van der Waals surface area contributed by atoms with Crippen LogP contribution in [0.5, 0.6) is 0 Å². The summed E-state index contributed by atoms with van der Waals surface area (Å²) in [6.45, 7) is 1.36. The molecule has 1 unspecified atom stereocenters. The number of rotatable bonds is 5. The van der Waals surface area contributed by atoms with Gasteiger partial charge in [0.05, 0.1) is 0 Å². The molecule has 0 aliphatic carbocycles. The number of halogens is 2. The zero-order valence-electron chi connectivity index (χ0n) is 9.74. The van der Waals surface area contributed by atoms with Crippen LogP contribution in [-0.2, 0) is 16.0 Å². The Labute approximate surface area is 103 Å². The second kappa shape index (κ2) is 6.09. The molecule has 1 aromatic carbocycles. The SMILES string of the molecule is CC(C(=O)O)C(=O)NCCc1ccc(F)cc1F. The highest BCUT2D eigenvalue weighted by Gasteiger charge is 2.19. The van der Waals surface area contributed by atoms with E-state index in [1.54, 1.807) is 0 Å². The molecular formula is C12H13F2NO3. The van der Waals surface area contributed by atoms with Crippen LogP contribution in [0.25, 0.3) is 0 Å². The van der Waals surface area contributed by atoms with Crippen molar-refractivity contribution < 1.29 is 23.5 Å². The lowest BCUT2D eigenvalue weighted by Gasteiger charge is -2.08. The van der Waals surface area contributed by atoms with Crippen molar-refractivity contribution in [3.05, 3.63) is 35.4 Å². The summed E-state index contributed by atoms with van der Waals surface area (Å²) in [5.41, 5.74) is 0.264. The lowest BCUT2D eigenvalue weighted by Crippen LogP contribution is -2.34. The minimum absolute atomic E-state index is 0.0962. The molecule has 0 aliphatic heterocycles. The number of carbonyl (C=O) groups is 2. The Morgan fingerprint density at radius 3 is 2.61 bits per heavy atom. The first-order chi connectivity index (χ1) is 8.41. The van der Waals surface area contributed by atoms with Crippen LogP contribution in [0.2, 0.25) is 0 Å². The Hall–Kier alpha value is -1.98. The number of amides is 1. The van der Waals surface area contributed by atoms with Crippen LogP contribution in [0.15, 0.2) is 18.2 Å². The van der Waals surface area contributed by atoms with Crippen molar-refractivity contribution in [3.63, 3.8) is 0 Å². The number of carbonyl (C=O) groups excluding carboxylic acids is 1. The highest BCUT2D eigenvalue weighted by molar-refractivity contribution is 5.96. The van der Waals surface area contributed by atoms with Crippen molar-refractivity contribution in [2.24, 2.45) is 5.92 Å². The molecule has 18 heavy (non-hydrogen) atoms. The van der Waals surface area contributed by atoms with Gasteiger partial charge in [-0.3, -0.25) is 9.59 Å². The first-order valence-corrected chi connectivity index (χ1v) is 5.36. The smallest absolute Gasteiger partial charge is 0.315 e. The van der Waals surface area contributed by atoms with E-state index in [1.165, 1.54) is 13.0 Å². The minimum atomic E-state index is -1.22. The van der Waals surface area contributed by atoms with Gasteiger partial charge in [-0.15, -0.1) is 0 Å². The van der Waals surface area contributed by atoms with Gasteiger partial charge in [-0.05, 0) is 25.0 Å². The summed E-state index contributed by atoms with van der Waals surface area (Å²) < 4.78 is 25.8. The van der Waals surface area contributed by atoms with Gasteiger partial charge in [0.25, 0.3) is 0 Å². The molecular weight excluding hydrogens is 244 g/mol. The van der Waals surface area contributed by atoms with Crippen LogP contribution in [0.3, 0.4) is 0 Å². The molecule has 2 N–H and O–H groups in total. The van der Waals surface area contributed by atoms with Gasteiger partial charge in [-0.1, -0.05) is 6.07 Å². The Morgan fingerprint density at radius 2 is 2.06 bits per heavy atom. The molecule has 0 bridgehead atoms. The molecule has 98 valence electrons. The van der Waals surface area contributed by atoms with Gasteiger partial charge in [0.15, 0.2) is 0 Å². The molecule has 0 fully saturated rings. The minimum Gasteiger partial charge on any atom is -0.481 e. The molecule has 0 saturated heterocycles. The summed E-state index contributed by atoms with van der Waals surface area (Å²) in [5.74, 6) is -4.36. The van der Waals surface area contributed by atoms with Crippen molar-refractivity contribution in [2.75, 3.05) is 6.54 Å². The van der Waals surface area contributed by atoms with Gasteiger partial charge in [0.1, 0.15) is 17.6 Å². The zero-order chi connectivity index (χ0) is 13.7. The maximum Gasteiger partial charge on any atom is 0.315 e. The second-order valence-corrected chi connectivity index (χ2v) is 3.84. The van der Waals surface area contributed by atoms with E-state index in [2.05, 4.69) is 5.32 Å². The first-order valence-electron chi connectivity index (χ1n) is 5.36. The molecule has 0 radical (unpaired) electrons. The molecule has 0 aromatic heterocycles. The van der Waals surface area contributed by atoms with E-state index >= 15 is 0 Å². The predicted octanol–water partition coefficient (Wildman–Crippen LogP) is 1.34. The fourth-order valence-electron chi connectivity index (χ4n) is 1.31.